The highest BCUT2D eigenvalue weighted by Gasteiger charge is 2.32. The second-order valence-electron chi connectivity index (χ2n) is 5.50. The maximum atomic E-state index is 12.0. The lowest BCUT2D eigenvalue weighted by atomic mass is 10.1. The Morgan fingerprint density at radius 1 is 1.57 bits per heavy atom. The first-order valence-electron chi connectivity index (χ1n) is 7.27. The van der Waals surface area contributed by atoms with Crippen molar-refractivity contribution in [3.63, 3.8) is 0 Å². The zero-order valence-electron chi connectivity index (χ0n) is 12.8. The Labute approximate surface area is 124 Å². The first-order valence-corrected chi connectivity index (χ1v) is 7.27. The van der Waals surface area contributed by atoms with Gasteiger partial charge in [-0.05, 0) is 13.8 Å². The van der Waals surface area contributed by atoms with E-state index in [2.05, 4.69) is 34.0 Å². The third-order valence-corrected chi connectivity index (χ3v) is 3.75. The summed E-state index contributed by atoms with van der Waals surface area (Å²) in [5.74, 6) is 0.698. The molecule has 116 valence electrons. The minimum Gasteiger partial charge on any atom is -0.359 e. The number of carbonyl (C=O) groups is 2. The van der Waals surface area contributed by atoms with Crippen LogP contribution in [-0.4, -0.2) is 52.4 Å². The number of hydrogen-bond donors (Lipinski definition) is 2. The Morgan fingerprint density at radius 2 is 2.33 bits per heavy atom. The summed E-state index contributed by atoms with van der Waals surface area (Å²) < 4.78 is 2.09. The molecule has 0 spiro atoms. The van der Waals surface area contributed by atoms with E-state index in [0.717, 1.165) is 12.4 Å². The summed E-state index contributed by atoms with van der Waals surface area (Å²) in [5.41, 5.74) is 0. The molecule has 1 aromatic rings. The number of amides is 2. The highest BCUT2D eigenvalue weighted by molar-refractivity contribution is 5.88. The first kappa shape index (κ1) is 15.5. The Balaban J connectivity index is 2.13. The second kappa shape index (κ2) is 6.71. The minimum absolute atomic E-state index is 0.0903. The molecule has 2 heterocycles. The van der Waals surface area contributed by atoms with Gasteiger partial charge in [0, 0.05) is 38.6 Å². The van der Waals surface area contributed by atoms with E-state index in [1.807, 2.05) is 11.1 Å². The number of rotatable bonds is 5. The number of nitrogens with zero attached hydrogens (tertiary/aromatic N) is 3. The quantitative estimate of drug-likeness (QED) is 0.794. The molecule has 0 bridgehead atoms. The monoisotopic (exact) mass is 293 g/mol. The molecule has 2 amide bonds. The maximum absolute atomic E-state index is 12.0. The molecule has 7 nitrogen and oxygen atoms in total. The summed E-state index contributed by atoms with van der Waals surface area (Å²) >= 11 is 0. The van der Waals surface area contributed by atoms with Crippen LogP contribution in [0.15, 0.2) is 12.4 Å². The summed E-state index contributed by atoms with van der Waals surface area (Å²) in [5, 5.41) is 5.40. The normalized spacial score (nSPS) is 19.6. The van der Waals surface area contributed by atoms with E-state index in [0.29, 0.717) is 19.1 Å². The molecule has 0 aromatic carbocycles. The van der Waals surface area contributed by atoms with E-state index in [-0.39, 0.29) is 18.2 Å². The Kier molecular flexibility index (Phi) is 4.95. The average Bonchev–Trinajstić information content (AvgIpc) is 2.90. The first-order chi connectivity index (χ1) is 10.0. The molecule has 1 aromatic heterocycles. The van der Waals surface area contributed by atoms with E-state index in [9.17, 15) is 9.59 Å². The SMILES string of the molecule is CNC(=O)CC1C(=O)NCCN1Cc1nccn1C(C)C. The van der Waals surface area contributed by atoms with Crippen LogP contribution in [0.1, 0.15) is 32.1 Å². The Hall–Kier alpha value is -1.89. The highest BCUT2D eigenvalue weighted by Crippen LogP contribution is 2.15. The van der Waals surface area contributed by atoms with Gasteiger partial charge in [0.25, 0.3) is 0 Å². The fourth-order valence-electron chi connectivity index (χ4n) is 2.57. The number of piperazine rings is 1. The number of imidazole rings is 1. The molecule has 2 rings (SSSR count). The zero-order chi connectivity index (χ0) is 15.4. The maximum Gasteiger partial charge on any atom is 0.237 e. The van der Waals surface area contributed by atoms with Gasteiger partial charge in [0.05, 0.1) is 19.0 Å². The molecule has 1 aliphatic rings. The van der Waals surface area contributed by atoms with Gasteiger partial charge in [0.1, 0.15) is 5.82 Å². The van der Waals surface area contributed by atoms with Gasteiger partial charge in [-0.3, -0.25) is 14.5 Å². The smallest absolute Gasteiger partial charge is 0.237 e. The van der Waals surface area contributed by atoms with Gasteiger partial charge in [-0.15, -0.1) is 0 Å². The van der Waals surface area contributed by atoms with Crippen molar-refractivity contribution in [3.8, 4) is 0 Å². The molecule has 7 heteroatoms. The summed E-state index contributed by atoms with van der Waals surface area (Å²) in [6, 6.07) is -0.116. The van der Waals surface area contributed by atoms with Crippen molar-refractivity contribution in [3.05, 3.63) is 18.2 Å². The van der Waals surface area contributed by atoms with Gasteiger partial charge in [0.15, 0.2) is 0 Å². The van der Waals surface area contributed by atoms with E-state index >= 15 is 0 Å². The molecular weight excluding hydrogens is 270 g/mol. The summed E-state index contributed by atoms with van der Waals surface area (Å²) in [6.07, 6.45) is 3.88. The third-order valence-electron chi connectivity index (χ3n) is 3.75. The fourth-order valence-corrected chi connectivity index (χ4v) is 2.57. The zero-order valence-corrected chi connectivity index (χ0v) is 12.8. The van der Waals surface area contributed by atoms with Crippen LogP contribution in [0, 0.1) is 0 Å². The molecule has 2 N–H and O–H groups in total. The predicted molar refractivity (Wildman–Crippen MR) is 78.5 cm³/mol. The number of carbonyl (C=O) groups excluding carboxylic acids is 2. The minimum atomic E-state index is -0.434. The second-order valence-corrected chi connectivity index (χ2v) is 5.50. The molecule has 21 heavy (non-hydrogen) atoms. The van der Waals surface area contributed by atoms with Crippen molar-refractivity contribution in [2.45, 2.75) is 38.9 Å². The third kappa shape index (κ3) is 3.60. The molecule has 0 radical (unpaired) electrons. The van der Waals surface area contributed by atoms with Gasteiger partial charge in [-0.1, -0.05) is 0 Å². The van der Waals surface area contributed by atoms with Crippen LogP contribution < -0.4 is 10.6 Å². The summed E-state index contributed by atoms with van der Waals surface area (Å²) in [7, 11) is 1.58. The molecule has 1 saturated heterocycles. The Bertz CT molecular complexity index is 511. The van der Waals surface area contributed by atoms with Crippen molar-refractivity contribution in [1.29, 1.82) is 0 Å². The van der Waals surface area contributed by atoms with Crippen LogP contribution in [0.4, 0.5) is 0 Å². The van der Waals surface area contributed by atoms with Gasteiger partial charge >= 0.3 is 0 Å². The van der Waals surface area contributed by atoms with Crippen molar-refractivity contribution in [2.24, 2.45) is 0 Å². The van der Waals surface area contributed by atoms with E-state index in [4.69, 9.17) is 0 Å². The molecule has 1 aliphatic heterocycles. The number of hydrogen-bond acceptors (Lipinski definition) is 4. The van der Waals surface area contributed by atoms with Gasteiger partial charge in [-0.25, -0.2) is 4.98 Å². The fraction of sp³-hybridized carbons (Fsp3) is 0.643. The van der Waals surface area contributed by atoms with E-state index < -0.39 is 6.04 Å². The lowest BCUT2D eigenvalue weighted by molar-refractivity contribution is -0.134. The van der Waals surface area contributed by atoms with Gasteiger partial charge < -0.3 is 15.2 Å². The largest absolute Gasteiger partial charge is 0.359 e. The van der Waals surface area contributed by atoms with Crippen LogP contribution in [0.25, 0.3) is 0 Å². The molecule has 1 atom stereocenters. The average molecular weight is 293 g/mol. The standard InChI is InChI=1S/C14H23N5O2/c1-10(2)19-7-5-16-12(19)9-18-6-4-17-14(21)11(18)8-13(20)15-3/h5,7,10-11H,4,6,8-9H2,1-3H3,(H,15,20)(H,17,21). The summed E-state index contributed by atoms with van der Waals surface area (Å²) in [6.45, 7) is 6.08. The van der Waals surface area contributed by atoms with Crippen LogP contribution in [0.3, 0.4) is 0 Å². The van der Waals surface area contributed by atoms with Gasteiger partial charge in [0.2, 0.25) is 11.8 Å². The molecule has 0 saturated carbocycles. The predicted octanol–water partition coefficient (Wildman–Crippen LogP) is -0.0995. The molecule has 1 unspecified atom stereocenters. The number of nitrogens with one attached hydrogen (secondary N) is 2. The number of aromatic nitrogens is 2. The Morgan fingerprint density at radius 3 is 3.00 bits per heavy atom. The van der Waals surface area contributed by atoms with Crippen molar-refractivity contribution >= 4 is 11.8 Å². The molecular formula is C14H23N5O2. The van der Waals surface area contributed by atoms with Crippen LogP contribution in [0.5, 0.6) is 0 Å². The lowest BCUT2D eigenvalue weighted by Gasteiger charge is -2.34. The highest BCUT2D eigenvalue weighted by atomic mass is 16.2. The summed E-state index contributed by atoms with van der Waals surface area (Å²) in [4.78, 5) is 30.1. The van der Waals surface area contributed by atoms with Gasteiger partial charge in [-0.2, -0.15) is 0 Å². The topological polar surface area (TPSA) is 79.3 Å². The van der Waals surface area contributed by atoms with Crippen molar-refractivity contribution < 1.29 is 9.59 Å². The molecule has 0 aliphatic carbocycles. The van der Waals surface area contributed by atoms with E-state index in [1.54, 1.807) is 13.2 Å². The van der Waals surface area contributed by atoms with Crippen LogP contribution >= 0.6 is 0 Å². The van der Waals surface area contributed by atoms with E-state index in [1.165, 1.54) is 0 Å². The van der Waals surface area contributed by atoms with Crippen molar-refractivity contribution in [1.82, 2.24) is 25.1 Å². The van der Waals surface area contributed by atoms with Crippen LogP contribution in [-0.2, 0) is 16.1 Å². The van der Waals surface area contributed by atoms with Crippen molar-refractivity contribution in [2.75, 3.05) is 20.1 Å². The van der Waals surface area contributed by atoms with Crippen LogP contribution in [0.2, 0.25) is 0 Å². The lowest BCUT2D eigenvalue weighted by Crippen LogP contribution is -2.56. The molecule has 1 fully saturated rings.